The smallest absolute Gasteiger partial charge is 0.270 e. The van der Waals surface area contributed by atoms with Crippen molar-refractivity contribution in [1.29, 1.82) is 0 Å². The molecule has 1 aliphatic rings. The first-order chi connectivity index (χ1) is 11.6. The van der Waals surface area contributed by atoms with Gasteiger partial charge in [-0.1, -0.05) is 42.5 Å². The first-order valence-electron chi connectivity index (χ1n) is 8.12. The van der Waals surface area contributed by atoms with Crippen LogP contribution in [0.15, 0.2) is 59.4 Å². The summed E-state index contributed by atoms with van der Waals surface area (Å²) in [7, 11) is 1.81. The molecule has 24 heavy (non-hydrogen) atoms. The second kappa shape index (κ2) is 5.64. The molecule has 0 spiro atoms. The van der Waals surface area contributed by atoms with Crippen LogP contribution in [0, 0.1) is 0 Å². The van der Waals surface area contributed by atoms with Crippen LogP contribution < -0.4 is 5.56 Å². The van der Waals surface area contributed by atoms with Gasteiger partial charge in [0.15, 0.2) is 0 Å². The van der Waals surface area contributed by atoms with E-state index in [1.54, 1.807) is 17.0 Å². The standard InChI is InChI=1S/C20H18N2O2/c1-22(18-11-10-13-6-2-4-8-15(13)18)20(24)17-12-14-7-3-5-9-16(14)19(23)21-17/h2-9,12,18H,10-11H2,1H3,(H,21,23)/t18-/m1/s1. The molecule has 3 aromatic rings. The Morgan fingerprint density at radius 1 is 1.12 bits per heavy atom. The molecule has 0 aliphatic heterocycles. The average Bonchev–Trinajstić information content (AvgIpc) is 3.04. The highest BCUT2D eigenvalue weighted by atomic mass is 16.2. The Morgan fingerprint density at radius 3 is 2.75 bits per heavy atom. The van der Waals surface area contributed by atoms with Crippen molar-refractivity contribution < 1.29 is 4.79 Å². The first-order valence-corrected chi connectivity index (χ1v) is 8.12. The molecule has 0 saturated carbocycles. The van der Waals surface area contributed by atoms with Crippen LogP contribution in [0.1, 0.15) is 34.1 Å². The van der Waals surface area contributed by atoms with Crippen molar-refractivity contribution in [2.75, 3.05) is 7.05 Å². The molecule has 0 radical (unpaired) electrons. The maximum Gasteiger partial charge on any atom is 0.270 e. The largest absolute Gasteiger partial charge is 0.333 e. The molecule has 0 saturated heterocycles. The molecule has 1 aromatic heterocycles. The van der Waals surface area contributed by atoms with E-state index in [2.05, 4.69) is 17.1 Å². The molecular weight excluding hydrogens is 300 g/mol. The van der Waals surface area contributed by atoms with E-state index in [1.165, 1.54) is 11.1 Å². The van der Waals surface area contributed by atoms with E-state index in [1.807, 2.05) is 37.4 Å². The molecule has 2 aromatic carbocycles. The molecule has 1 amide bonds. The second-order valence-corrected chi connectivity index (χ2v) is 6.27. The highest BCUT2D eigenvalue weighted by molar-refractivity contribution is 5.96. The van der Waals surface area contributed by atoms with E-state index in [9.17, 15) is 9.59 Å². The summed E-state index contributed by atoms with van der Waals surface area (Å²) in [6.07, 6.45) is 1.89. The number of benzene rings is 2. The van der Waals surface area contributed by atoms with Crippen LogP contribution in [0.5, 0.6) is 0 Å². The third-order valence-electron chi connectivity index (χ3n) is 4.87. The Morgan fingerprint density at radius 2 is 1.88 bits per heavy atom. The number of H-pyrrole nitrogens is 1. The number of aromatic nitrogens is 1. The lowest BCUT2D eigenvalue weighted by Crippen LogP contribution is -2.31. The summed E-state index contributed by atoms with van der Waals surface area (Å²) >= 11 is 0. The van der Waals surface area contributed by atoms with Crippen molar-refractivity contribution >= 4 is 16.7 Å². The SMILES string of the molecule is CN(C(=O)c1cc2ccccc2c(=O)[nH]1)[C@@H]1CCc2ccccc21. The van der Waals surface area contributed by atoms with Crippen LogP contribution >= 0.6 is 0 Å². The zero-order valence-electron chi connectivity index (χ0n) is 13.5. The van der Waals surface area contributed by atoms with Crippen molar-refractivity contribution in [2.24, 2.45) is 0 Å². The molecule has 4 nitrogen and oxygen atoms in total. The number of pyridine rings is 1. The summed E-state index contributed by atoms with van der Waals surface area (Å²) in [5.41, 5.74) is 2.62. The lowest BCUT2D eigenvalue weighted by molar-refractivity contribution is 0.0724. The minimum atomic E-state index is -0.225. The van der Waals surface area contributed by atoms with Crippen LogP contribution in [0.3, 0.4) is 0 Å². The van der Waals surface area contributed by atoms with Crippen LogP contribution in [-0.4, -0.2) is 22.8 Å². The van der Waals surface area contributed by atoms with E-state index in [-0.39, 0.29) is 17.5 Å². The van der Waals surface area contributed by atoms with Gasteiger partial charge >= 0.3 is 0 Å². The van der Waals surface area contributed by atoms with E-state index < -0.39 is 0 Å². The summed E-state index contributed by atoms with van der Waals surface area (Å²) < 4.78 is 0. The number of aromatic amines is 1. The molecule has 0 unspecified atom stereocenters. The van der Waals surface area contributed by atoms with Gasteiger partial charge in [0.05, 0.1) is 6.04 Å². The number of carbonyl (C=O) groups is 1. The lowest BCUT2D eigenvalue weighted by atomic mass is 10.1. The average molecular weight is 318 g/mol. The molecule has 4 rings (SSSR count). The predicted molar refractivity (Wildman–Crippen MR) is 94.2 cm³/mol. The lowest BCUT2D eigenvalue weighted by Gasteiger charge is -2.25. The number of hydrogen-bond donors (Lipinski definition) is 1. The predicted octanol–water partition coefficient (Wildman–Crippen LogP) is 3.29. The van der Waals surface area contributed by atoms with Gasteiger partial charge in [0, 0.05) is 12.4 Å². The van der Waals surface area contributed by atoms with Crippen LogP contribution in [0.25, 0.3) is 10.8 Å². The number of amides is 1. The molecule has 1 aliphatic carbocycles. The molecule has 1 heterocycles. The Balaban J connectivity index is 1.70. The highest BCUT2D eigenvalue weighted by Crippen LogP contribution is 2.35. The van der Waals surface area contributed by atoms with Gasteiger partial charge in [-0.2, -0.15) is 0 Å². The zero-order valence-corrected chi connectivity index (χ0v) is 13.5. The number of fused-ring (bicyclic) bond motifs is 2. The maximum absolute atomic E-state index is 12.9. The van der Waals surface area contributed by atoms with Gasteiger partial charge in [0.25, 0.3) is 11.5 Å². The molecule has 0 fully saturated rings. The molecule has 120 valence electrons. The van der Waals surface area contributed by atoms with Crippen molar-refractivity contribution in [2.45, 2.75) is 18.9 Å². The fraction of sp³-hybridized carbons (Fsp3) is 0.200. The van der Waals surface area contributed by atoms with Crippen LogP contribution in [0.2, 0.25) is 0 Å². The summed E-state index contributed by atoms with van der Waals surface area (Å²) in [6.45, 7) is 0. The number of nitrogens with zero attached hydrogens (tertiary/aromatic N) is 1. The molecule has 1 N–H and O–H groups in total. The summed E-state index contributed by atoms with van der Waals surface area (Å²) in [4.78, 5) is 29.6. The van der Waals surface area contributed by atoms with E-state index in [4.69, 9.17) is 0 Å². The van der Waals surface area contributed by atoms with Gasteiger partial charge in [-0.05, 0) is 41.5 Å². The van der Waals surface area contributed by atoms with Gasteiger partial charge in [-0.3, -0.25) is 9.59 Å². The number of nitrogens with one attached hydrogen (secondary N) is 1. The van der Waals surface area contributed by atoms with Gasteiger partial charge in [-0.25, -0.2) is 0 Å². The quantitative estimate of drug-likeness (QED) is 0.788. The Hall–Kier alpha value is -2.88. The molecule has 1 atom stereocenters. The van der Waals surface area contributed by atoms with Crippen LogP contribution in [0.4, 0.5) is 0 Å². The zero-order chi connectivity index (χ0) is 16.7. The fourth-order valence-electron chi connectivity index (χ4n) is 3.59. The second-order valence-electron chi connectivity index (χ2n) is 6.27. The Labute approximate surface area is 139 Å². The van der Waals surface area contributed by atoms with E-state index in [0.29, 0.717) is 11.1 Å². The third kappa shape index (κ3) is 2.31. The maximum atomic E-state index is 12.9. The molecule has 4 heteroatoms. The topological polar surface area (TPSA) is 53.2 Å². The Kier molecular flexibility index (Phi) is 3.45. The van der Waals surface area contributed by atoms with Crippen molar-refractivity contribution in [3.05, 3.63) is 81.8 Å². The van der Waals surface area contributed by atoms with Crippen molar-refractivity contribution in [1.82, 2.24) is 9.88 Å². The van der Waals surface area contributed by atoms with Gasteiger partial charge in [0.2, 0.25) is 0 Å². The molecular formula is C20H18N2O2. The number of rotatable bonds is 2. The number of hydrogen-bond acceptors (Lipinski definition) is 2. The number of aryl methyl sites for hydroxylation is 1. The first kappa shape index (κ1) is 14.7. The fourth-order valence-corrected chi connectivity index (χ4v) is 3.59. The van der Waals surface area contributed by atoms with Gasteiger partial charge < -0.3 is 9.88 Å². The van der Waals surface area contributed by atoms with Gasteiger partial charge in [0.1, 0.15) is 5.69 Å². The summed E-state index contributed by atoms with van der Waals surface area (Å²) in [5.74, 6) is -0.153. The molecule has 0 bridgehead atoms. The number of carbonyl (C=O) groups excluding carboxylic acids is 1. The highest BCUT2D eigenvalue weighted by Gasteiger charge is 2.29. The normalized spacial score (nSPS) is 16.1. The van der Waals surface area contributed by atoms with Crippen molar-refractivity contribution in [3.8, 4) is 0 Å². The summed E-state index contributed by atoms with van der Waals surface area (Å²) in [5, 5.41) is 1.38. The third-order valence-corrected chi connectivity index (χ3v) is 4.87. The van der Waals surface area contributed by atoms with Crippen molar-refractivity contribution in [3.63, 3.8) is 0 Å². The van der Waals surface area contributed by atoms with E-state index in [0.717, 1.165) is 18.2 Å². The minimum absolute atomic E-state index is 0.0590. The van der Waals surface area contributed by atoms with Gasteiger partial charge in [-0.15, -0.1) is 0 Å². The monoisotopic (exact) mass is 318 g/mol. The van der Waals surface area contributed by atoms with Crippen LogP contribution in [-0.2, 0) is 6.42 Å². The van der Waals surface area contributed by atoms with E-state index >= 15 is 0 Å². The minimum Gasteiger partial charge on any atom is -0.333 e. The Bertz CT molecular complexity index is 990. The summed E-state index contributed by atoms with van der Waals surface area (Å²) in [6, 6.07) is 17.4.